The summed E-state index contributed by atoms with van der Waals surface area (Å²) >= 11 is 1.98. The summed E-state index contributed by atoms with van der Waals surface area (Å²) in [5, 5.41) is 10.4. The van der Waals surface area contributed by atoms with E-state index < -0.39 is 0 Å². The Labute approximate surface area is 211 Å². The Morgan fingerprint density at radius 1 is 1.23 bits per heavy atom. The van der Waals surface area contributed by atoms with E-state index in [1.54, 1.807) is 4.90 Å². The van der Waals surface area contributed by atoms with Gasteiger partial charge in [-0.15, -0.1) is 11.8 Å². The van der Waals surface area contributed by atoms with Crippen molar-refractivity contribution in [3.63, 3.8) is 0 Å². The fraction of sp³-hybridized carbons (Fsp3) is 0.357. The Kier molecular flexibility index (Phi) is 8.31. The number of aryl methyl sites for hydroxylation is 1. The molecular formula is C28H35N5OS. The van der Waals surface area contributed by atoms with Crippen LogP contribution in [0.4, 0.5) is 0 Å². The number of fused-ring (bicyclic) bond motifs is 3. The Hall–Kier alpha value is -3.03. The number of hydrogen-bond donors (Lipinski definition) is 3. The molecular weight excluding hydrogens is 454 g/mol. The zero-order chi connectivity index (χ0) is 24.8. The molecule has 2 heterocycles. The van der Waals surface area contributed by atoms with Crippen molar-refractivity contribution in [2.24, 2.45) is 5.73 Å². The maximum absolute atomic E-state index is 7.37. The summed E-state index contributed by atoms with van der Waals surface area (Å²) in [6.07, 6.45) is 6.59. The third-order valence-corrected chi connectivity index (χ3v) is 7.27. The van der Waals surface area contributed by atoms with Crippen LogP contribution in [-0.4, -0.2) is 46.3 Å². The van der Waals surface area contributed by atoms with E-state index >= 15 is 0 Å². The number of nitrogens with zero attached hydrogens (tertiary/aromatic N) is 2. The van der Waals surface area contributed by atoms with Crippen LogP contribution >= 0.6 is 11.8 Å². The monoisotopic (exact) mass is 489 g/mol. The number of H-pyrrole nitrogens is 1. The number of nitrogens with one attached hydrogen (secondary N) is 2. The number of aromatic nitrogens is 2. The molecule has 1 saturated carbocycles. The highest BCUT2D eigenvalue weighted by Crippen LogP contribution is 2.42. The lowest BCUT2D eigenvalue weighted by molar-refractivity contribution is 0.291. The molecule has 0 amide bonds. The Morgan fingerprint density at radius 3 is 2.80 bits per heavy atom. The van der Waals surface area contributed by atoms with E-state index in [2.05, 4.69) is 59.4 Å². The van der Waals surface area contributed by atoms with E-state index in [1.165, 1.54) is 35.2 Å². The fourth-order valence-electron chi connectivity index (χ4n) is 4.10. The molecule has 1 aliphatic rings. The number of aromatic amines is 1. The standard InChI is InChI=1S/C26H29N5OS.C2H6/c1-17-12-22-24-21(18-4-2-5-20(13-18)33-19-6-7-19)8-9-23(25(24)30-26(22)29-14-17)32-11-3-10-31(15-27)16-28;1-2/h2,4-5,8-9,12-15,19,27H,3,6-7,10-11,16,28H2,1H3,(H,29,30);1-2H3. The van der Waals surface area contributed by atoms with Gasteiger partial charge in [0.05, 0.1) is 25.1 Å². The molecule has 0 aliphatic heterocycles. The van der Waals surface area contributed by atoms with Crippen LogP contribution in [0.3, 0.4) is 0 Å². The summed E-state index contributed by atoms with van der Waals surface area (Å²) in [5.41, 5.74) is 11.0. The predicted molar refractivity (Wildman–Crippen MR) is 149 cm³/mol. The van der Waals surface area contributed by atoms with Gasteiger partial charge in [0.1, 0.15) is 11.4 Å². The van der Waals surface area contributed by atoms with Gasteiger partial charge in [0.15, 0.2) is 0 Å². The molecule has 2 aromatic carbocycles. The molecule has 184 valence electrons. The predicted octanol–water partition coefficient (Wildman–Crippen LogP) is 6.57. The first-order valence-corrected chi connectivity index (χ1v) is 13.3. The van der Waals surface area contributed by atoms with Crippen molar-refractivity contribution >= 4 is 40.0 Å². The summed E-state index contributed by atoms with van der Waals surface area (Å²) in [4.78, 5) is 11.2. The second kappa shape index (κ2) is 11.6. The topological polar surface area (TPSA) is 91.0 Å². The average Bonchev–Trinajstić information content (AvgIpc) is 3.63. The minimum Gasteiger partial charge on any atom is -0.491 e. The molecule has 4 N–H and O–H groups in total. The van der Waals surface area contributed by atoms with E-state index in [-0.39, 0.29) is 0 Å². The largest absolute Gasteiger partial charge is 0.491 e. The quantitative estimate of drug-likeness (QED) is 0.101. The first kappa shape index (κ1) is 25.1. The first-order chi connectivity index (χ1) is 17.2. The highest BCUT2D eigenvalue weighted by Gasteiger charge is 2.23. The van der Waals surface area contributed by atoms with Gasteiger partial charge in [0.2, 0.25) is 0 Å². The van der Waals surface area contributed by atoms with Crippen LogP contribution in [0.2, 0.25) is 0 Å². The van der Waals surface area contributed by atoms with Gasteiger partial charge in [-0.05, 0) is 73.2 Å². The number of rotatable bonds is 10. The van der Waals surface area contributed by atoms with Crippen molar-refractivity contribution in [1.82, 2.24) is 14.9 Å². The SMILES string of the molecule is CC.Cc1cnc2[nH]c3c(OCCCN(C=N)CN)ccc(-c4cccc(SC5CC5)c4)c3c2c1. The molecule has 0 radical (unpaired) electrons. The molecule has 1 aliphatic carbocycles. The molecule has 5 rings (SSSR count). The fourth-order valence-corrected chi connectivity index (χ4v) is 5.21. The summed E-state index contributed by atoms with van der Waals surface area (Å²) in [7, 11) is 0. The van der Waals surface area contributed by atoms with E-state index in [0.717, 1.165) is 44.9 Å². The molecule has 1 fully saturated rings. The number of thioether (sulfide) groups is 1. The highest BCUT2D eigenvalue weighted by atomic mass is 32.2. The Morgan fingerprint density at radius 2 is 2.06 bits per heavy atom. The third kappa shape index (κ3) is 5.80. The van der Waals surface area contributed by atoms with Gasteiger partial charge in [0, 0.05) is 33.7 Å². The maximum Gasteiger partial charge on any atom is 0.143 e. The maximum atomic E-state index is 7.37. The van der Waals surface area contributed by atoms with Crippen molar-refractivity contribution in [3.8, 4) is 16.9 Å². The molecule has 4 aromatic rings. The van der Waals surface area contributed by atoms with Gasteiger partial charge in [-0.2, -0.15) is 0 Å². The molecule has 0 bridgehead atoms. The number of benzene rings is 2. The number of pyridine rings is 1. The molecule has 35 heavy (non-hydrogen) atoms. The lowest BCUT2D eigenvalue weighted by atomic mass is 9.99. The summed E-state index contributed by atoms with van der Waals surface area (Å²) in [6.45, 7) is 7.66. The van der Waals surface area contributed by atoms with Crippen molar-refractivity contribution in [2.75, 3.05) is 19.8 Å². The summed E-state index contributed by atoms with van der Waals surface area (Å²) in [5.74, 6) is 0.821. The van der Waals surface area contributed by atoms with Gasteiger partial charge in [-0.3, -0.25) is 5.41 Å². The lowest BCUT2D eigenvalue weighted by Gasteiger charge is -2.16. The highest BCUT2D eigenvalue weighted by molar-refractivity contribution is 8.00. The van der Waals surface area contributed by atoms with Crippen LogP contribution in [0.15, 0.2) is 53.6 Å². The number of hydrogen-bond acceptors (Lipinski definition) is 5. The van der Waals surface area contributed by atoms with Crippen molar-refractivity contribution in [3.05, 3.63) is 54.2 Å². The van der Waals surface area contributed by atoms with Crippen LogP contribution < -0.4 is 10.5 Å². The van der Waals surface area contributed by atoms with Crippen LogP contribution in [0.1, 0.15) is 38.7 Å². The molecule has 0 spiro atoms. The van der Waals surface area contributed by atoms with Gasteiger partial charge >= 0.3 is 0 Å². The summed E-state index contributed by atoms with van der Waals surface area (Å²) in [6, 6.07) is 15.3. The molecule has 7 heteroatoms. The molecule has 0 atom stereocenters. The van der Waals surface area contributed by atoms with Crippen LogP contribution in [0.5, 0.6) is 5.75 Å². The van der Waals surface area contributed by atoms with Gasteiger partial charge in [0.25, 0.3) is 0 Å². The number of nitrogens with two attached hydrogens (primary N) is 1. The first-order valence-electron chi connectivity index (χ1n) is 12.4. The second-order valence-electron chi connectivity index (χ2n) is 8.57. The molecule has 2 aromatic heterocycles. The summed E-state index contributed by atoms with van der Waals surface area (Å²) < 4.78 is 6.19. The van der Waals surface area contributed by atoms with E-state index in [0.29, 0.717) is 19.8 Å². The van der Waals surface area contributed by atoms with Crippen LogP contribution in [0.25, 0.3) is 33.1 Å². The van der Waals surface area contributed by atoms with Crippen LogP contribution in [0, 0.1) is 12.3 Å². The second-order valence-corrected chi connectivity index (χ2v) is 9.94. The lowest BCUT2D eigenvalue weighted by Crippen LogP contribution is -2.30. The zero-order valence-corrected chi connectivity index (χ0v) is 21.6. The molecule has 0 saturated heterocycles. The Bertz CT molecular complexity index is 1300. The van der Waals surface area contributed by atoms with E-state index in [4.69, 9.17) is 15.9 Å². The molecule has 6 nitrogen and oxygen atoms in total. The number of ether oxygens (including phenoxy) is 1. The van der Waals surface area contributed by atoms with Gasteiger partial charge in [-0.1, -0.05) is 26.0 Å². The normalized spacial score (nSPS) is 12.9. The van der Waals surface area contributed by atoms with Crippen molar-refractivity contribution < 1.29 is 4.74 Å². The molecule has 0 unspecified atom stereocenters. The van der Waals surface area contributed by atoms with Gasteiger partial charge < -0.3 is 20.4 Å². The Balaban J connectivity index is 0.00000141. The third-order valence-electron chi connectivity index (χ3n) is 5.94. The van der Waals surface area contributed by atoms with E-state index in [1.807, 2.05) is 31.8 Å². The van der Waals surface area contributed by atoms with Crippen molar-refractivity contribution in [1.29, 1.82) is 5.41 Å². The van der Waals surface area contributed by atoms with Crippen molar-refractivity contribution in [2.45, 2.75) is 50.2 Å². The smallest absolute Gasteiger partial charge is 0.143 e. The minimum atomic E-state index is 0.341. The van der Waals surface area contributed by atoms with E-state index in [9.17, 15) is 0 Å². The average molecular weight is 490 g/mol. The van der Waals surface area contributed by atoms with Gasteiger partial charge in [-0.25, -0.2) is 4.98 Å². The zero-order valence-electron chi connectivity index (χ0n) is 20.8. The minimum absolute atomic E-state index is 0.341. The van der Waals surface area contributed by atoms with Crippen LogP contribution in [-0.2, 0) is 0 Å².